The molecule has 5 nitrogen and oxygen atoms in total. The number of anilines is 1. The summed E-state index contributed by atoms with van der Waals surface area (Å²) >= 11 is 0. The number of aryl methyl sites for hydroxylation is 2. The van der Waals surface area contributed by atoms with E-state index in [4.69, 9.17) is 0 Å². The minimum absolute atomic E-state index is 0.0569. The molecule has 1 unspecified atom stereocenters. The highest BCUT2D eigenvalue weighted by Crippen LogP contribution is 2.22. The zero-order valence-corrected chi connectivity index (χ0v) is 16.1. The average molecular weight is 353 g/mol. The number of para-hydroxylation sites is 1. The number of nitrogens with one attached hydrogen (secondary N) is 1. The van der Waals surface area contributed by atoms with Gasteiger partial charge in [0, 0.05) is 19.8 Å². The first-order valence-electron chi connectivity index (χ1n) is 8.63. The van der Waals surface area contributed by atoms with Crippen LogP contribution in [0.25, 0.3) is 0 Å². The van der Waals surface area contributed by atoms with E-state index in [0.717, 1.165) is 22.4 Å². The molecule has 0 spiro atoms. The van der Waals surface area contributed by atoms with E-state index in [1.807, 2.05) is 62.4 Å². The van der Waals surface area contributed by atoms with Crippen LogP contribution in [-0.4, -0.2) is 49.3 Å². The van der Waals surface area contributed by atoms with Gasteiger partial charge in [-0.05, 0) is 37.6 Å². The molecule has 2 aromatic rings. The Labute approximate surface area is 155 Å². The Bertz CT molecular complexity index is 752. The number of carbonyl (C=O) groups excluding carboxylic acids is 2. The lowest BCUT2D eigenvalue weighted by Crippen LogP contribution is -2.41. The van der Waals surface area contributed by atoms with Crippen molar-refractivity contribution >= 4 is 17.5 Å². The minimum Gasteiger partial charge on any atom is -0.347 e. The van der Waals surface area contributed by atoms with E-state index in [0.29, 0.717) is 0 Å². The fraction of sp³-hybridized carbons (Fsp3) is 0.333. The molecule has 26 heavy (non-hydrogen) atoms. The largest absolute Gasteiger partial charge is 0.347 e. The van der Waals surface area contributed by atoms with Gasteiger partial charge in [-0.15, -0.1) is 0 Å². The molecule has 0 aliphatic rings. The highest BCUT2D eigenvalue weighted by molar-refractivity contribution is 5.94. The van der Waals surface area contributed by atoms with Crippen molar-refractivity contribution in [2.24, 2.45) is 0 Å². The number of likely N-dealkylation sites (N-methyl/N-ethyl adjacent to an activating group) is 2. The summed E-state index contributed by atoms with van der Waals surface area (Å²) in [7, 11) is 5.25. The van der Waals surface area contributed by atoms with Crippen LogP contribution in [0, 0.1) is 13.8 Å². The Morgan fingerprint density at radius 3 is 2.04 bits per heavy atom. The maximum atomic E-state index is 12.7. The van der Waals surface area contributed by atoms with Crippen molar-refractivity contribution < 1.29 is 9.59 Å². The molecule has 2 rings (SSSR count). The SMILES string of the molecule is Cc1cccc(C)c1NC(=O)CN(C)C(C(=O)N(C)C)c1ccccc1. The molecule has 0 aliphatic heterocycles. The lowest BCUT2D eigenvalue weighted by Gasteiger charge is -2.29. The van der Waals surface area contributed by atoms with Gasteiger partial charge in [-0.1, -0.05) is 48.5 Å². The van der Waals surface area contributed by atoms with Crippen LogP contribution in [0.2, 0.25) is 0 Å². The zero-order chi connectivity index (χ0) is 19.3. The summed E-state index contributed by atoms with van der Waals surface area (Å²) in [5.74, 6) is -0.198. The van der Waals surface area contributed by atoms with E-state index in [9.17, 15) is 9.59 Å². The Hall–Kier alpha value is -2.66. The molecule has 0 radical (unpaired) electrons. The number of nitrogens with zero attached hydrogens (tertiary/aromatic N) is 2. The normalized spacial score (nSPS) is 11.9. The molecule has 138 valence electrons. The molecule has 0 heterocycles. The van der Waals surface area contributed by atoms with Crippen molar-refractivity contribution in [3.8, 4) is 0 Å². The van der Waals surface area contributed by atoms with Gasteiger partial charge in [0.1, 0.15) is 6.04 Å². The second-order valence-corrected chi connectivity index (χ2v) is 6.78. The van der Waals surface area contributed by atoms with Crippen LogP contribution < -0.4 is 5.32 Å². The molecular formula is C21H27N3O2. The summed E-state index contributed by atoms with van der Waals surface area (Å²) in [6.07, 6.45) is 0. The number of rotatable bonds is 6. The molecule has 0 fully saturated rings. The van der Waals surface area contributed by atoms with E-state index in [2.05, 4.69) is 5.32 Å². The number of benzene rings is 2. The lowest BCUT2D eigenvalue weighted by molar-refractivity contribution is -0.134. The van der Waals surface area contributed by atoms with Gasteiger partial charge < -0.3 is 10.2 Å². The van der Waals surface area contributed by atoms with Crippen molar-refractivity contribution in [1.82, 2.24) is 9.80 Å². The van der Waals surface area contributed by atoms with Crippen molar-refractivity contribution in [3.63, 3.8) is 0 Å². The van der Waals surface area contributed by atoms with Gasteiger partial charge in [0.25, 0.3) is 0 Å². The number of carbonyl (C=O) groups is 2. The minimum atomic E-state index is -0.505. The van der Waals surface area contributed by atoms with Crippen molar-refractivity contribution in [2.45, 2.75) is 19.9 Å². The van der Waals surface area contributed by atoms with E-state index in [1.54, 1.807) is 30.9 Å². The van der Waals surface area contributed by atoms with Crippen molar-refractivity contribution in [2.75, 3.05) is 33.0 Å². The smallest absolute Gasteiger partial charge is 0.244 e. The third-order valence-electron chi connectivity index (χ3n) is 4.37. The first-order chi connectivity index (χ1) is 12.3. The van der Waals surface area contributed by atoms with Crippen LogP contribution in [0.3, 0.4) is 0 Å². The van der Waals surface area contributed by atoms with Crippen molar-refractivity contribution in [1.29, 1.82) is 0 Å². The van der Waals surface area contributed by atoms with E-state index < -0.39 is 6.04 Å². The molecule has 2 amide bonds. The Kier molecular flexibility index (Phi) is 6.52. The van der Waals surface area contributed by atoms with E-state index in [1.165, 1.54) is 0 Å². The topological polar surface area (TPSA) is 52.7 Å². The Balaban J connectivity index is 2.17. The predicted molar refractivity (Wildman–Crippen MR) is 105 cm³/mol. The third-order valence-corrected chi connectivity index (χ3v) is 4.37. The summed E-state index contributed by atoms with van der Waals surface area (Å²) in [6.45, 7) is 4.05. The number of hydrogen-bond donors (Lipinski definition) is 1. The molecule has 1 atom stereocenters. The monoisotopic (exact) mass is 353 g/mol. The molecule has 1 N–H and O–H groups in total. The second kappa shape index (κ2) is 8.63. The molecular weight excluding hydrogens is 326 g/mol. The van der Waals surface area contributed by atoms with Crippen LogP contribution in [-0.2, 0) is 9.59 Å². The van der Waals surface area contributed by atoms with E-state index >= 15 is 0 Å². The van der Waals surface area contributed by atoms with Crippen LogP contribution >= 0.6 is 0 Å². The summed E-state index contributed by atoms with van der Waals surface area (Å²) in [6, 6.07) is 14.9. The predicted octanol–water partition coefficient (Wildman–Crippen LogP) is 3.00. The maximum Gasteiger partial charge on any atom is 0.244 e. The van der Waals surface area contributed by atoms with Gasteiger partial charge in [0.15, 0.2) is 0 Å². The van der Waals surface area contributed by atoms with Gasteiger partial charge in [-0.2, -0.15) is 0 Å². The van der Waals surface area contributed by atoms with Gasteiger partial charge in [-0.25, -0.2) is 0 Å². The average Bonchev–Trinajstić information content (AvgIpc) is 2.59. The summed E-state index contributed by atoms with van der Waals surface area (Å²) in [5.41, 5.74) is 3.74. The van der Waals surface area contributed by atoms with Crippen molar-refractivity contribution in [3.05, 3.63) is 65.2 Å². The van der Waals surface area contributed by atoms with Gasteiger partial charge >= 0.3 is 0 Å². The fourth-order valence-corrected chi connectivity index (χ4v) is 2.97. The molecule has 0 saturated carbocycles. The van der Waals surface area contributed by atoms with Crippen LogP contribution in [0.15, 0.2) is 48.5 Å². The molecule has 0 bridgehead atoms. The van der Waals surface area contributed by atoms with Crippen LogP contribution in [0.1, 0.15) is 22.7 Å². The quantitative estimate of drug-likeness (QED) is 0.869. The summed E-state index contributed by atoms with van der Waals surface area (Å²) in [5, 5.41) is 2.98. The number of amides is 2. The third kappa shape index (κ3) is 4.70. The maximum absolute atomic E-state index is 12.7. The molecule has 2 aromatic carbocycles. The Morgan fingerprint density at radius 1 is 0.923 bits per heavy atom. The van der Waals surface area contributed by atoms with Crippen LogP contribution in [0.4, 0.5) is 5.69 Å². The molecule has 0 aliphatic carbocycles. The number of hydrogen-bond acceptors (Lipinski definition) is 3. The van der Waals surface area contributed by atoms with Gasteiger partial charge in [0.2, 0.25) is 11.8 Å². The van der Waals surface area contributed by atoms with Gasteiger partial charge in [0.05, 0.1) is 6.54 Å². The highest BCUT2D eigenvalue weighted by Gasteiger charge is 2.27. The highest BCUT2D eigenvalue weighted by atomic mass is 16.2. The van der Waals surface area contributed by atoms with E-state index in [-0.39, 0.29) is 18.4 Å². The lowest BCUT2D eigenvalue weighted by atomic mass is 10.0. The molecule has 5 heteroatoms. The summed E-state index contributed by atoms with van der Waals surface area (Å²) < 4.78 is 0. The first kappa shape index (κ1) is 19.7. The second-order valence-electron chi connectivity index (χ2n) is 6.78. The van der Waals surface area contributed by atoms with Crippen LogP contribution in [0.5, 0.6) is 0 Å². The molecule has 0 aromatic heterocycles. The van der Waals surface area contributed by atoms with Gasteiger partial charge in [-0.3, -0.25) is 14.5 Å². The Morgan fingerprint density at radius 2 is 1.50 bits per heavy atom. The zero-order valence-electron chi connectivity index (χ0n) is 16.1. The summed E-state index contributed by atoms with van der Waals surface area (Å²) in [4.78, 5) is 28.6. The molecule has 0 saturated heterocycles. The first-order valence-corrected chi connectivity index (χ1v) is 8.63. The fourth-order valence-electron chi connectivity index (χ4n) is 2.97. The standard InChI is InChI=1S/C21H27N3O2/c1-15-10-9-11-16(2)19(15)22-18(25)14-24(5)20(21(26)23(3)4)17-12-7-6-8-13-17/h6-13,20H,14H2,1-5H3,(H,22,25).